The Morgan fingerprint density at radius 3 is 2.21 bits per heavy atom. The maximum absolute atomic E-state index is 12.7. The third kappa shape index (κ3) is 4.43. The predicted molar refractivity (Wildman–Crippen MR) is 109 cm³/mol. The molecule has 2 aliphatic heterocycles. The molecule has 29 heavy (non-hydrogen) atoms. The van der Waals surface area contributed by atoms with E-state index in [9.17, 15) is 9.59 Å². The lowest BCUT2D eigenvalue weighted by Crippen LogP contribution is -2.46. The number of likely N-dealkylation sites (tertiary alicyclic amines) is 1. The summed E-state index contributed by atoms with van der Waals surface area (Å²) in [6, 6.07) is -0.580. The lowest BCUT2D eigenvalue weighted by molar-refractivity contribution is -0.147. The monoisotopic (exact) mass is 409 g/mol. The Morgan fingerprint density at radius 2 is 1.69 bits per heavy atom. The van der Waals surface area contributed by atoms with E-state index in [4.69, 9.17) is 18.8 Å². The van der Waals surface area contributed by atoms with E-state index in [1.165, 1.54) is 7.11 Å². The third-order valence-electron chi connectivity index (χ3n) is 6.92. The van der Waals surface area contributed by atoms with Gasteiger partial charge in [-0.15, -0.1) is 0 Å². The van der Waals surface area contributed by atoms with E-state index in [-0.39, 0.29) is 36.1 Å². The standard InChI is InChI=1S/C21H36BNO6/c1-19(2,3)27-18(25)23-12-14-9-13(10-15(14)16(23)17(24)26-8)11-22-28-20(4,5)21(6,7)29-22/h13-16H,9-12H2,1-8H3/t13?,14-,15-,16?/m0/s1. The van der Waals surface area contributed by atoms with Gasteiger partial charge >= 0.3 is 19.2 Å². The van der Waals surface area contributed by atoms with E-state index < -0.39 is 17.7 Å². The van der Waals surface area contributed by atoms with Gasteiger partial charge in [-0.2, -0.15) is 0 Å². The highest BCUT2D eigenvalue weighted by Gasteiger charge is 2.56. The number of carbonyl (C=O) groups excluding carboxylic acids is 2. The summed E-state index contributed by atoms with van der Waals surface area (Å²) < 4.78 is 22.9. The molecule has 1 aliphatic carbocycles. The first-order valence-electron chi connectivity index (χ1n) is 10.7. The largest absolute Gasteiger partial charge is 0.467 e. The van der Waals surface area contributed by atoms with Crippen LogP contribution in [-0.2, 0) is 23.6 Å². The molecule has 0 aromatic carbocycles. The van der Waals surface area contributed by atoms with Gasteiger partial charge in [0.1, 0.15) is 11.6 Å². The second kappa shape index (κ2) is 7.45. The van der Waals surface area contributed by atoms with Crippen LogP contribution in [0, 0.1) is 17.8 Å². The van der Waals surface area contributed by atoms with E-state index >= 15 is 0 Å². The number of ether oxygens (including phenoxy) is 2. The van der Waals surface area contributed by atoms with Gasteiger partial charge in [0, 0.05) is 6.54 Å². The van der Waals surface area contributed by atoms with E-state index in [0.717, 1.165) is 19.2 Å². The minimum Gasteiger partial charge on any atom is -0.467 e. The summed E-state index contributed by atoms with van der Waals surface area (Å²) in [5.74, 6) is 0.383. The number of rotatable bonds is 3. The van der Waals surface area contributed by atoms with Crippen LogP contribution in [0.4, 0.5) is 4.79 Å². The fraction of sp³-hybridized carbons (Fsp3) is 0.905. The van der Waals surface area contributed by atoms with Gasteiger partial charge in [0.15, 0.2) is 0 Å². The molecule has 1 amide bonds. The van der Waals surface area contributed by atoms with Crippen molar-refractivity contribution in [1.82, 2.24) is 4.90 Å². The summed E-state index contributed by atoms with van der Waals surface area (Å²) in [6.45, 7) is 14.2. The maximum Gasteiger partial charge on any atom is 0.458 e. The molecule has 3 aliphatic rings. The van der Waals surface area contributed by atoms with Gasteiger partial charge in [-0.25, -0.2) is 9.59 Å². The minimum absolute atomic E-state index is 0.0855. The van der Waals surface area contributed by atoms with Gasteiger partial charge in [-0.1, -0.05) is 0 Å². The van der Waals surface area contributed by atoms with Crippen molar-refractivity contribution < 1.29 is 28.4 Å². The molecular weight excluding hydrogens is 373 g/mol. The van der Waals surface area contributed by atoms with Gasteiger partial charge in [0.05, 0.1) is 18.3 Å². The van der Waals surface area contributed by atoms with Gasteiger partial charge in [-0.3, -0.25) is 4.90 Å². The lowest BCUT2D eigenvalue weighted by atomic mass is 9.76. The lowest BCUT2D eigenvalue weighted by Gasteiger charge is -2.32. The molecule has 0 aromatic heterocycles. The first-order valence-corrected chi connectivity index (χ1v) is 10.7. The first kappa shape index (κ1) is 22.4. The second-order valence-corrected chi connectivity index (χ2v) is 10.8. The Hall–Kier alpha value is -1.28. The summed E-state index contributed by atoms with van der Waals surface area (Å²) in [5.41, 5.74) is -1.28. The second-order valence-electron chi connectivity index (χ2n) is 10.8. The van der Waals surface area contributed by atoms with Crippen LogP contribution in [0.1, 0.15) is 61.3 Å². The van der Waals surface area contributed by atoms with Gasteiger partial charge in [0.25, 0.3) is 0 Å². The van der Waals surface area contributed by atoms with Crippen LogP contribution in [0.2, 0.25) is 6.32 Å². The molecule has 1 saturated carbocycles. The topological polar surface area (TPSA) is 74.3 Å². The highest BCUT2D eigenvalue weighted by Crippen LogP contribution is 2.49. The van der Waals surface area contributed by atoms with Crippen molar-refractivity contribution in [3.05, 3.63) is 0 Å². The van der Waals surface area contributed by atoms with Crippen molar-refractivity contribution in [3.8, 4) is 0 Å². The van der Waals surface area contributed by atoms with Crippen LogP contribution < -0.4 is 0 Å². The molecule has 3 fully saturated rings. The summed E-state index contributed by atoms with van der Waals surface area (Å²) in [5, 5.41) is 0. The van der Waals surface area contributed by atoms with Gasteiger partial charge in [0.2, 0.25) is 0 Å². The molecule has 3 rings (SSSR count). The number of esters is 1. The normalized spacial score (nSPS) is 33.0. The van der Waals surface area contributed by atoms with Crippen molar-refractivity contribution >= 4 is 19.2 Å². The molecule has 0 N–H and O–H groups in total. The molecule has 2 saturated heterocycles. The van der Waals surface area contributed by atoms with Crippen molar-refractivity contribution in [1.29, 1.82) is 0 Å². The average Bonchev–Trinajstić information content (AvgIpc) is 3.13. The Labute approximate surface area is 174 Å². The van der Waals surface area contributed by atoms with Gasteiger partial charge < -0.3 is 18.8 Å². The molecule has 4 atom stereocenters. The SMILES string of the molecule is COC(=O)C1[C@H]2CC(CB3OC(C)(C)C(C)(C)O3)C[C@H]2CN1C(=O)OC(C)(C)C. The van der Waals surface area contributed by atoms with Crippen molar-refractivity contribution in [3.63, 3.8) is 0 Å². The highest BCUT2D eigenvalue weighted by molar-refractivity contribution is 6.45. The number of hydrogen-bond donors (Lipinski definition) is 0. The smallest absolute Gasteiger partial charge is 0.458 e. The molecule has 164 valence electrons. The molecule has 0 aromatic rings. The Balaban J connectivity index is 1.66. The molecule has 0 spiro atoms. The summed E-state index contributed by atoms with van der Waals surface area (Å²) >= 11 is 0. The molecular formula is C21H36BNO6. The number of fused-ring (bicyclic) bond motifs is 1. The van der Waals surface area contributed by atoms with Crippen LogP contribution in [0.15, 0.2) is 0 Å². The Kier molecular flexibility index (Phi) is 5.76. The van der Waals surface area contributed by atoms with Crippen LogP contribution in [0.25, 0.3) is 0 Å². The number of hydrogen-bond acceptors (Lipinski definition) is 6. The number of carbonyl (C=O) groups is 2. The fourth-order valence-electron chi connectivity index (χ4n) is 4.93. The Bertz CT molecular complexity index is 642. The number of methoxy groups -OCH3 is 1. The first-order chi connectivity index (χ1) is 13.2. The van der Waals surface area contributed by atoms with Crippen molar-refractivity contribution in [2.45, 2.75) is 90.5 Å². The zero-order valence-corrected chi connectivity index (χ0v) is 19.1. The van der Waals surface area contributed by atoms with Crippen molar-refractivity contribution in [2.24, 2.45) is 17.8 Å². The number of nitrogens with zero attached hydrogens (tertiary/aromatic N) is 1. The highest BCUT2D eigenvalue weighted by atomic mass is 16.7. The Morgan fingerprint density at radius 1 is 1.10 bits per heavy atom. The van der Waals surface area contributed by atoms with Crippen LogP contribution in [0.3, 0.4) is 0 Å². The quantitative estimate of drug-likeness (QED) is 0.525. The van der Waals surface area contributed by atoms with Crippen molar-refractivity contribution in [2.75, 3.05) is 13.7 Å². The molecule has 2 unspecified atom stereocenters. The van der Waals surface area contributed by atoms with Crippen LogP contribution in [0.5, 0.6) is 0 Å². The molecule has 8 heteroatoms. The minimum atomic E-state index is -0.602. The van der Waals surface area contributed by atoms with E-state index in [1.807, 2.05) is 20.8 Å². The summed E-state index contributed by atoms with van der Waals surface area (Å²) in [4.78, 5) is 26.8. The van der Waals surface area contributed by atoms with Gasteiger partial charge in [-0.05, 0) is 85.4 Å². The number of amides is 1. The van der Waals surface area contributed by atoms with Crippen LogP contribution >= 0.6 is 0 Å². The molecule has 2 heterocycles. The predicted octanol–water partition coefficient (Wildman–Crippen LogP) is 3.51. The summed E-state index contributed by atoms with van der Waals surface area (Å²) in [6.07, 6.45) is 2.17. The average molecular weight is 409 g/mol. The summed E-state index contributed by atoms with van der Waals surface area (Å²) in [7, 11) is 1.14. The zero-order chi connectivity index (χ0) is 21.8. The van der Waals surface area contributed by atoms with E-state index in [1.54, 1.807) is 4.90 Å². The maximum atomic E-state index is 12.7. The third-order valence-corrected chi connectivity index (χ3v) is 6.92. The van der Waals surface area contributed by atoms with Crippen LogP contribution in [-0.4, -0.2) is 60.6 Å². The molecule has 0 radical (unpaired) electrons. The fourth-order valence-corrected chi connectivity index (χ4v) is 4.93. The zero-order valence-electron chi connectivity index (χ0n) is 19.1. The molecule has 0 bridgehead atoms. The molecule has 7 nitrogen and oxygen atoms in total. The van der Waals surface area contributed by atoms with E-state index in [0.29, 0.717) is 12.5 Å². The van der Waals surface area contributed by atoms with E-state index in [2.05, 4.69) is 27.7 Å².